The first-order valence-corrected chi connectivity index (χ1v) is 12.2. The molecule has 6 atom stereocenters. The molecule has 164 valence electrons. The maximum atomic E-state index is 10.2. The topological polar surface area (TPSA) is 40.5 Å². The van der Waals surface area contributed by atoms with Crippen LogP contribution in [0.2, 0.25) is 0 Å². The van der Waals surface area contributed by atoms with E-state index in [2.05, 4.69) is 45.9 Å². The van der Waals surface area contributed by atoms with E-state index in [-0.39, 0.29) is 0 Å². The summed E-state index contributed by atoms with van der Waals surface area (Å²) in [5.74, 6) is 3.15. The summed E-state index contributed by atoms with van der Waals surface area (Å²) in [6, 6.07) is 0. The van der Waals surface area contributed by atoms with Crippen LogP contribution in [0, 0.1) is 29.1 Å². The predicted octanol–water partition coefficient (Wildman–Crippen LogP) is 6.59. The van der Waals surface area contributed by atoms with Crippen molar-refractivity contribution in [2.75, 3.05) is 0 Å². The van der Waals surface area contributed by atoms with Gasteiger partial charge in [0.05, 0.1) is 12.2 Å². The van der Waals surface area contributed by atoms with E-state index >= 15 is 0 Å². The minimum Gasteiger partial charge on any atom is -0.393 e. The lowest BCUT2D eigenvalue weighted by Gasteiger charge is -2.43. The molecule has 0 aromatic rings. The molecule has 0 bridgehead atoms. The summed E-state index contributed by atoms with van der Waals surface area (Å²) >= 11 is 0. The van der Waals surface area contributed by atoms with Crippen LogP contribution >= 0.6 is 0 Å². The maximum absolute atomic E-state index is 10.2. The van der Waals surface area contributed by atoms with E-state index in [4.69, 9.17) is 0 Å². The molecule has 1 fully saturated rings. The van der Waals surface area contributed by atoms with Crippen molar-refractivity contribution in [3.8, 4) is 0 Å². The fourth-order valence-corrected chi connectivity index (χ4v) is 6.57. The van der Waals surface area contributed by atoms with E-state index in [1.807, 2.05) is 6.92 Å². The van der Waals surface area contributed by atoms with Crippen molar-refractivity contribution in [1.82, 2.24) is 0 Å². The molecule has 0 heterocycles. The second-order valence-electron chi connectivity index (χ2n) is 10.9. The third kappa shape index (κ3) is 5.07. The molecule has 0 radical (unpaired) electrons. The molecule has 0 spiro atoms. The Bertz CT molecular complexity index is 655. The summed E-state index contributed by atoms with van der Waals surface area (Å²) in [6.45, 7) is 11.8. The van der Waals surface area contributed by atoms with Gasteiger partial charge in [0.1, 0.15) is 0 Å². The number of hydrogen-bond acceptors (Lipinski definition) is 2. The van der Waals surface area contributed by atoms with Crippen LogP contribution in [0.25, 0.3) is 0 Å². The Balaban J connectivity index is 1.69. The molecule has 2 N–H and O–H groups in total. The van der Waals surface area contributed by atoms with E-state index in [0.29, 0.717) is 24.2 Å². The Morgan fingerprint density at radius 3 is 2.62 bits per heavy atom. The van der Waals surface area contributed by atoms with E-state index < -0.39 is 12.2 Å². The second kappa shape index (κ2) is 9.52. The lowest BCUT2D eigenvalue weighted by atomic mass is 9.62. The van der Waals surface area contributed by atoms with Crippen LogP contribution < -0.4 is 0 Å². The molecule has 0 aromatic carbocycles. The fraction of sp³-hybridized carbons (Fsp3) is 0.778. The third-order valence-corrected chi connectivity index (χ3v) is 8.44. The lowest BCUT2D eigenvalue weighted by Crippen LogP contribution is -2.35. The first-order valence-electron chi connectivity index (χ1n) is 12.2. The van der Waals surface area contributed by atoms with Crippen molar-refractivity contribution in [2.45, 2.75) is 105 Å². The summed E-state index contributed by atoms with van der Waals surface area (Å²) in [4.78, 5) is 0. The van der Waals surface area contributed by atoms with Gasteiger partial charge in [-0.25, -0.2) is 0 Å². The first kappa shape index (κ1) is 22.8. The third-order valence-electron chi connectivity index (χ3n) is 8.44. The van der Waals surface area contributed by atoms with Gasteiger partial charge in [-0.1, -0.05) is 65.2 Å². The summed E-state index contributed by atoms with van der Waals surface area (Å²) in [6.07, 6.45) is 16.5. The van der Waals surface area contributed by atoms with Gasteiger partial charge in [0.25, 0.3) is 0 Å². The first-order chi connectivity index (χ1) is 13.7. The van der Waals surface area contributed by atoms with E-state index in [1.54, 1.807) is 0 Å². The number of rotatable bonds is 7. The predicted molar refractivity (Wildman–Crippen MR) is 123 cm³/mol. The van der Waals surface area contributed by atoms with Crippen molar-refractivity contribution in [3.05, 3.63) is 34.9 Å². The lowest BCUT2D eigenvalue weighted by molar-refractivity contribution is 0.0878. The van der Waals surface area contributed by atoms with Crippen LogP contribution in [-0.2, 0) is 0 Å². The van der Waals surface area contributed by atoms with Gasteiger partial charge in [0.15, 0.2) is 0 Å². The monoisotopic (exact) mass is 400 g/mol. The van der Waals surface area contributed by atoms with E-state index in [9.17, 15) is 10.2 Å². The van der Waals surface area contributed by atoms with Crippen molar-refractivity contribution in [1.29, 1.82) is 0 Å². The smallest absolute Gasteiger partial charge is 0.0777 e. The molecular formula is C27H44O2. The van der Waals surface area contributed by atoms with Gasteiger partial charge in [-0.2, -0.15) is 0 Å². The molecular weight excluding hydrogens is 356 g/mol. The molecule has 0 saturated heterocycles. The van der Waals surface area contributed by atoms with E-state index in [1.165, 1.54) is 50.5 Å². The maximum Gasteiger partial charge on any atom is 0.0777 e. The normalized spacial score (nSPS) is 36.6. The van der Waals surface area contributed by atoms with Gasteiger partial charge < -0.3 is 10.2 Å². The van der Waals surface area contributed by atoms with Crippen LogP contribution in [0.15, 0.2) is 34.9 Å². The highest BCUT2D eigenvalue weighted by atomic mass is 16.3. The molecule has 1 saturated carbocycles. The molecule has 2 heteroatoms. The number of hydrogen-bond donors (Lipinski definition) is 2. The molecule has 29 heavy (non-hydrogen) atoms. The Morgan fingerprint density at radius 2 is 1.90 bits per heavy atom. The zero-order valence-corrected chi connectivity index (χ0v) is 19.5. The minimum atomic E-state index is -0.494. The van der Waals surface area contributed by atoms with Crippen molar-refractivity contribution >= 4 is 0 Å². The molecule has 0 amide bonds. The molecule has 2 nitrogen and oxygen atoms in total. The molecule has 3 aliphatic carbocycles. The minimum absolute atomic E-state index is 0.415. The molecule has 3 rings (SSSR count). The zero-order chi connectivity index (χ0) is 21.2. The second-order valence-corrected chi connectivity index (χ2v) is 10.9. The SMILES string of the molecule is CC1=C(/C=C\C2=CCC[C@]3(C)[C@@H]([C@@H](C)CCCC(C)C)CC[C@@H]23)C[C@@H](O)C[C@@H]1O. The summed E-state index contributed by atoms with van der Waals surface area (Å²) in [7, 11) is 0. The van der Waals surface area contributed by atoms with Crippen molar-refractivity contribution < 1.29 is 10.2 Å². The highest BCUT2D eigenvalue weighted by Crippen LogP contribution is 2.58. The Kier molecular flexibility index (Phi) is 7.49. The summed E-state index contributed by atoms with van der Waals surface area (Å²) in [5.41, 5.74) is 4.10. The quantitative estimate of drug-likeness (QED) is 0.506. The number of aliphatic hydroxyl groups excluding tert-OH is 2. The van der Waals surface area contributed by atoms with Crippen LogP contribution in [0.1, 0.15) is 92.4 Å². The van der Waals surface area contributed by atoms with Gasteiger partial charge in [0.2, 0.25) is 0 Å². The Labute approximate surface area is 179 Å². The standard InChI is InChI=1S/C27H44O2/c1-18(2)8-6-9-19(3)24-13-14-25-21(10-7-15-27(24,25)5)11-12-22-16-23(28)17-26(29)20(22)4/h10-12,18-19,23-26,28-29H,6-9,13-17H2,1-5H3/b12-11-/t19-,23+,24+,25-,26-,27+/m0/s1. The number of allylic oxidation sites excluding steroid dienone is 4. The van der Waals surface area contributed by atoms with Gasteiger partial charge in [0, 0.05) is 6.42 Å². The van der Waals surface area contributed by atoms with Crippen LogP contribution in [0.5, 0.6) is 0 Å². The van der Waals surface area contributed by atoms with Crippen molar-refractivity contribution in [3.63, 3.8) is 0 Å². The summed E-state index contributed by atoms with van der Waals surface area (Å²) in [5, 5.41) is 20.2. The molecule has 0 aromatic heterocycles. The average molecular weight is 401 g/mol. The van der Waals surface area contributed by atoms with Gasteiger partial charge >= 0.3 is 0 Å². The average Bonchev–Trinajstić information content (AvgIpc) is 3.00. The van der Waals surface area contributed by atoms with E-state index in [0.717, 1.165) is 28.9 Å². The molecule has 0 aliphatic heterocycles. The largest absolute Gasteiger partial charge is 0.393 e. The number of fused-ring (bicyclic) bond motifs is 1. The van der Waals surface area contributed by atoms with Gasteiger partial charge in [-0.3, -0.25) is 0 Å². The van der Waals surface area contributed by atoms with Crippen LogP contribution in [-0.4, -0.2) is 22.4 Å². The Hall–Kier alpha value is -0.860. The molecule has 0 unspecified atom stereocenters. The zero-order valence-electron chi connectivity index (χ0n) is 19.5. The van der Waals surface area contributed by atoms with Crippen LogP contribution in [0.4, 0.5) is 0 Å². The van der Waals surface area contributed by atoms with Gasteiger partial charge in [-0.05, 0) is 84.8 Å². The summed E-state index contributed by atoms with van der Waals surface area (Å²) < 4.78 is 0. The Morgan fingerprint density at radius 1 is 1.14 bits per heavy atom. The highest BCUT2D eigenvalue weighted by Gasteiger charge is 2.49. The number of aliphatic hydroxyl groups is 2. The fourth-order valence-electron chi connectivity index (χ4n) is 6.57. The highest BCUT2D eigenvalue weighted by molar-refractivity contribution is 5.37. The molecule has 3 aliphatic rings. The van der Waals surface area contributed by atoms with Gasteiger partial charge in [-0.15, -0.1) is 0 Å². The van der Waals surface area contributed by atoms with Crippen molar-refractivity contribution in [2.24, 2.45) is 29.1 Å². The van der Waals surface area contributed by atoms with Crippen LogP contribution in [0.3, 0.4) is 0 Å².